The molecule has 2 N–H and O–H groups in total. The second kappa shape index (κ2) is 5.27. The third kappa shape index (κ3) is 2.53. The van der Waals surface area contributed by atoms with Crippen molar-refractivity contribution in [2.24, 2.45) is 17.6 Å². The van der Waals surface area contributed by atoms with E-state index in [2.05, 4.69) is 4.90 Å². The number of fused-ring (bicyclic) bond motifs is 2. The van der Waals surface area contributed by atoms with Crippen molar-refractivity contribution in [3.8, 4) is 0 Å². The molecule has 2 bridgehead atoms. The van der Waals surface area contributed by atoms with Gasteiger partial charge in [0.25, 0.3) is 0 Å². The second-order valence-electron chi connectivity index (χ2n) is 6.63. The SMILES string of the molecule is N[C@@H]1[C@@H]2CC[C@H]1CN(C1CCCCCCC1)C2. The highest BCUT2D eigenvalue weighted by molar-refractivity contribution is 4.97. The Labute approximate surface area is 106 Å². The molecule has 1 saturated heterocycles. The molecule has 1 heterocycles. The molecule has 0 aromatic heterocycles. The third-order valence-electron chi connectivity index (χ3n) is 5.53. The molecule has 2 heteroatoms. The first-order valence-electron chi connectivity index (χ1n) is 7.84. The van der Waals surface area contributed by atoms with Crippen molar-refractivity contribution in [2.75, 3.05) is 13.1 Å². The van der Waals surface area contributed by atoms with E-state index in [0.717, 1.165) is 17.9 Å². The topological polar surface area (TPSA) is 29.3 Å². The number of nitrogens with two attached hydrogens (primary N) is 1. The Kier molecular flexibility index (Phi) is 3.72. The molecule has 0 radical (unpaired) electrons. The molecular formula is C15H28N2. The molecule has 1 aliphatic heterocycles. The first kappa shape index (κ1) is 12.0. The van der Waals surface area contributed by atoms with Crippen LogP contribution in [0.4, 0.5) is 0 Å². The largest absolute Gasteiger partial charge is 0.327 e. The first-order chi connectivity index (χ1) is 8.34. The molecule has 2 aliphatic carbocycles. The van der Waals surface area contributed by atoms with Gasteiger partial charge in [0.15, 0.2) is 0 Å². The molecule has 3 atom stereocenters. The van der Waals surface area contributed by atoms with Crippen LogP contribution >= 0.6 is 0 Å². The maximum Gasteiger partial charge on any atom is 0.0120 e. The van der Waals surface area contributed by atoms with Crippen LogP contribution in [0, 0.1) is 11.8 Å². The maximum absolute atomic E-state index is 6.31. The van der Waals surface area contributed by atoms with Crippen molar-refractivity contribution in [3.05, 3.63) is 0 Å². The van der Waals surface area contributed by atoms with Crippen molar-refractivity contribution in [1.29, 1.82) is 0 Å². The summed E-state index contributed by atoms with van der Waals surface area (Å²) in [6.45, 7) is 2.62. The van der Waals surface area contributed by atoms with E-state index in [0.29, 0.717) is 6.04 Å². The van der Waals surface area contributed by atoms with Crippen LogP contribution in [0.25, 0.3) is 0 Å². The summed E-state index contributed by atoms with van der Waals surface area (Å²) in [5, 5.41) is 0. The van der Waals surface area contributed by atoms with Crippen LogP contribution in [0.15, 0.2) is 0 Å². The van der Waals surface area contributed by atoms with E-state index >= 15 is 0 Å². The summed E-state index contributed by atoms with van der Waals surface area (Å²) < 4.78 is 0. The van der Waals surface area contributed by atoms with E-state index < -0.39 is 0 Å². The van der Waals surface area contributed by atoms with Crippen LogP contribution in [0.1, 0.15) is 57.8 Å². The Morgan fingerprint density at radius 3 is 1.82 bits per heavy atom. The number of rotatable bonds is 1. The monoisotopic (exact) mass is 236 g/mol. The highest BCUT2D eigenvalue weighted by Gasteiger charge is 2.41. The molecule has 17 heavy (non-hydrogen) atoms. The lowest BCUT2D eigenvalue weighted by molar-refractivity contribution is 0.0865. The molecule has 0 spiro atoms. The van der Waals surface area contributed by atoms with Crippen molar-refractivity contribution in [1.82, 2.24) is 4.90 Å². The van der Waals surface area contributed by atoms with E-state index in [4.69, 9.17) is 5.73 Å². The van der Waals surface area contributed by atoms with Gasteiger partial charge >= 0.3 is 0 Å². The highest BCUT2D eigenvalue weighted by atomic mass is 15.2. The Morgan fingerprint density at radius 2 is 1.24 bits per heavy atom. The number of nitrogens with zero attached hydrogens (tertiary/aromatic N) is 1. The lowest BCUT2D eigenvalue weighted by Crippen LogP contribution is -2.52. The van der Waals surface area contributed by atoms with Crippen LogP contribution in [0.3, 0.4) is 0 Å². The summed E-state index contributed by atoms with van der Waals surface area (Å²) in [6, 6.07) is 1.42. The summed E-state index contributed by atoms with van der Waals surface area (Å²) in [5.74, 6) is 1.64. The van der Waals surface area contributed by atoms with Gasteiger partial charge in [-0.1, -0.05) is 32.1 Å². The van der Waals surface area contributed by atoms with Crippen LogP contribution in [-0.4, -0.2) is 30.1 Å². The predicted molar refractivity (Wildman–Crippen MR) is 71.9 cm³/mol. The average Bonchev–Trinajstić information content (AvgIpc) is 2.50. The fourth-order valence-electron chi connectivity index (χ4n) is 4.40. The van der Waals surface area contributed by atoms with Gasteiger partial charge in [-0.05, 0) is 37.5 Å². The lowest BCUT2D eigenvalue weighted by Gasteiger charge is -2.41. The Balaban J connectivity index is 1.60. The van der Waals surface area contributed by atoms with E-state index in [1.165, 1.54) is 70.9 Å². The molecule has 2 saturated carbocycles. The van der Waals surface area contributed by atoms with Gasteiger partial charge in [-0.3, -0.25) is 4.90 Å². The van der Waals surface area contributed by atoms with E-state index in [9.17, 15) is 0 Å². The zero-order valence-corrected chi connectivity index (χ0v) is 11.1. The lowest BCUT2D eigenvalue weighted by atomic mass is 9.89. The minimum absolute atomic E-state index is 0.528. The molecule has 0 amide bonds. The number of likely N-dealkylation sites (tertiary alicyclic amines) is 1. The van der Waals surface area contributed by atoms with Gasteiger partial charge in [-0.25, -0.2) is 0 Å². The molecule has 2 nitrogen and oxygen atoms in total. The second-order valence-corrected chi connectivity index (χ2v) is 6.63. The zero-order chi connectivity index (χ0) is 11.7. The van der Waals surface area contributed by atoms with Gasteiger partial charge in [0, 0.05) is 25.2 Å². The molecule has 3 rings (SSSR count). The third-order valence-corrected chi connectivity index (χ3v) is 5.53. The first-order valence-corrected chi connectivity index (χ1v) is 7.84. The molecule has 0 aromatic carbocycles. The van der Waals surface area contributed by atoms with Gasteiger partial charge in [-0.2, -0.15) is 0 Å². The van der Waals surface area contributed by atoms with Crippen LogP contribution in [-0.2, 0) is 0 Å². The van der Waals surface area contributed by atoms with E-state index in [1.807, 2.05) is 0 Å². The van der Waals surface area contributed by atoms with Crippen molar-refractivity contribution in [3.63, 3.8) is 0 Å². The number of hydrogen-bond donors (Lipinski definition) is 1. The average molecular weight is 236 g/mol. The van der Waals surface area contributed by atoms with Crippen molar-refractivity contribution >= 4 is 0 Å². The van der Waals surface area contributed by atoms with E-state index in [1.54, 1.807) is 0 Å². The van der Waals surface area contributed by atoms with E-state index in [-0.39, 0.29) is 0 Å². The number of hydrogen-bond acceptors (Lipinski definition) is 2. The quantitative estimate of drug-likeness (QED) is 0.758. The molecule has 0 aromatic rings. The van der Waals surface area contributed by atoms with Crippen LogP contribution in [0.2, 0.25) is 0 Å². The standard InChI is InChI=1S/C15H28N2/c16-15-12-8-9-13(15)11-17(10-12)14-6-4-2-1-3-5-7-14/h12-15H,1-11,16H2/t12-,13+,15-. The highest BCUT2D eigenvalue weighted by Crippen LogP contribution is 2.37. The Morgan fingerprint density at radius 1 is 0.706 bits per heavy atom. The minimum atomic E-state index is 0.528. The minimum Gasteiger partial charge on any atom is -0.327 e. The Bertz CT molecular complexity index is 231. The number of piperidine rings is 1. The fraction of sp³-hybridized carbons (Fsp3) is 1.00. The summed E-state index contributed by atoms with van der Waals surface area (Å²) in [7, 11) is 0. The normalized spacial score (nSPS) is 41.1. The van der Waals surface area contributed by atoms with Gasteiger partial charge in [0.2, 0.25) is 0 Å². The van der Waals surface area contributed by atoms with Gasteiger partial charge in [0.1, 0.15) is 0 Å². The summed E-state index contributed by atoms with van der Waals surface area (Å²) in [4.78, 5) is 2.82. The Hall–Kier alpha value is -0.0800. The molecule has 3 fully saturated rings. The summed E-state index contributed by atoms with van der Waals surface area (Å²) >= 11 is 0. The molecule has 0 unspecified atom stereocenters. The van der Waals surface area contributed by atoms with Gasteiger partial charge < -0.3 is 5.73 Å². The summed E-state index contributed by atoms with van der Waals surface area (Å²) in [6.07, 6.45) is 13.0. The molecular weight excluding hydrogens is 208 g/mol. The summed E-state index contributed by atoms with van der Waals surface area (Å²) in [5.41, 5.74) is 6.31. The fourth-order valence-corrected chi connectivity index (χ4v) is 4.40. The molecule has 98 valence electrons. The predicted octanol–water partition coefficient (Wildman–Crippen LogP) is 2.77. The zero-order valence-electron chi connectivity index (χ0n) is 11.1. The molecule has 3 aliphatic rings. The van der Waals surface area contributed by atoms with Gasteiger partial charge in [0.05, 0.1) is 0 Å². The van der Waals surface area contributed by atoms with Gasteiger partial charge in [-0.15, -0.1) is 0 Å². The van der Waals surface area contributed by atoms with Crippen LogP contribution in [0.5, 0.6) is 0 Å². The van der Waals surface area contributed by atoms with Crippen molar-refractivity contribution in [2.45, 2.75) is 69.9 Å². The van der Waals surface area contributed by atoms with Crippen molar-refractivity contribution < 1.29 is 0 Å². The maximum atomic E-state index is 6.31. The van der Waals surface area contributed by atoms with Crippen LogP contribution < -0.4 is 5.73 Å². The smallest absolute Gasteiger partial charge is 0.0120 e.